The molecule has 0 aromatic rings. The van der Waals surface area contributed by atoms with E-state index in [1.54, 1.807) is 0 Å². The minimum atomic E-state index is -0.139. The molecule has 2 nitrogen and oxygen atoms in total. The fourth-order valence-corrected chi connectivity index (χ4v) is 2.51. The summed E-state index contributed by atoms with van der Waals surface area (Å²) in [6.45, 7) is 7.74. The van der Waals surface area contributed by atoms with Gasteiger partial charge in [0.15, 0.2) is 0 Å². The van der Waals surface area contributed by atoms with Gasteiger partial charge >= 0.3 is 0 Å². The van der Waals surface area contributed by atoms with E-state index in [1.807, 2.05) is 6.92 Å². The Morgan fingerprint density at radius 1 is 1.33 bits per heavy atom. The van der Waals surface area contributed by atoms with Crippen LogP contribution in [-0.2, 0) is 0 Å². The van der Waals surface area contributed by atoms with Crippen LogP contribution in [-0.4, -0.2) is 35.7 Å². The zero-order valence-electron chi connectivity index (χ0n) is 10.4. The normalized spacial score (nSPS) is 26.2. The Morgan fingerprint density at radius 3 is 2.80 bits per heavy atom. The highest BCUT2D eigenvalue weighted by atomic mass is 16.3. The molecular weight excluding hydrogens is 186 g/mol. The predicted molar refractivity (Wildman–Crippen MR) is 65.0 cm³/mol. The lowest BCUT2D eigenvalue weighted by molar-refractivity contribution is 0.157. The number of aliphatic hydroxyl groups is 1. The van der Waals surface area contributed by atoms with Gasteiger partial charge in [-0.1, -0.05) is 19.8 Å². The number of nitrogens with zero attached hydrogens (tertiary/aromatic N) is 1. The maximum atomic E-state index is 9.26. The summed E-state index contributed by atoms with van der Waals surface area (Å²) in [5.41, 5.74) is 0. The lowest BCUT2D eigenvalue weighted by atomic mass is 9.96. The molecule has 1 aliphatic heterocycles. The van der Waals surface area contributed by atoms with E-state index in [1.165, 1.54) is 45.2 Å². The summed E-state index contributed by atoms with van der Waals surface area (Å²) < 4.78 is 0. The van der Waals surface area contributed by atoms with Gasteiger partial charge in [-0.05, 0) is 51.6 Å². The molecule has 1 N–H and O–H groups in total. The van der Waals surface area contributed by atoms with Crippen LogP contribution in [0.5, 0.6) is 0 Å². The Hall–Kier alpha value is -0.0800. The van der Waals surface area contributed by atoms with Crippen molar-refractivity contribution < 1.29 is 5.11 Å². The molecule has 0 saturated carbocycles. The molecule has 0 spiro atoms. The van der Waals surface area contributed by atoms with Crippen molar-refractivity contribution in [2.75, 3.05) is 19.6 Å². The van der Waals surface area contributed by atoms with Crippen LogP contribution in [0.15, 0.2) is 0 Å². The molecule has 15 heavy (non-hydrogen) atoms. The minimum absolute atomic E-state index is 0.139. The van der Waals surface area contributed by atoms with E-state index in [9.17, 15) is 5.11 Å². The van der Waals surface area contributed by atoms with Crippen LogP contribution >= 0.6 is 0 Å². The molecule has 0 aromatic heterocycles. The molecule has 0 radical (unpaired) electrons. The summed E-state index contributed by atoms with van der Waals surface area (Å²) in [7, 11) is 0. The zero-order chi connectivity index (χ0) is 11.1. The SMILES string of the molecule is CCCC1CCCN(CCC(C)O)CC1. The number of hydrogen-bond acceptors (Lipinski definition) is 2. The highest BCUT2D eigenvalue weighted by Crippen LogP contribution is 2.21. The van der Waals surface area contributed by atoms with Crippen LogP contribution in [0.3, 0.4) is 0 Å². The van der Waals surface area contributed by atoms with Crippen LogP contribution in [0.1, 0.15) is 52.4 Å². The third kappa shape index (κ3) is 5.53. The third-order valence-corrected chi connectivity index (χ3v) is 3.50. The van der Waals surface area contributed by atoms with Crippen molar-refractivity contribution in [1.82, 2.24) is 4.90 Å². The van der Waals surface area contributed by atoms with Gasteiger partial charge in [-0.2, -0.15) is 0 Å². The molecule has 0 bridgehead atoms. The topological polar surface area (TPSA) is 23.5 Å². The molecule has 1 saturated heterocycles. The smallest absolute Gasteiger partial charge is 0.0524 e. The molecule has 1 heterocycles. The maximum absolute atomic E-state index is 9.26. The quantitative estimate of drug-likeness (QED) is 0.759. The molecule has 1 aliphatic rings. The van der Waals surface area contributed by atoms with Gasteiger partial charge in [0.05, 0.1) is 6.10 Å². The maximum Gasteiger partial charge on any atom is 0.0524 e. The zero-order valence-corrected chi connectivity index (χ0v) is 10.4. The summed E-state index contributed by atoms with van der Waals surface area (Å²) in [4.78, 5) is 2.53. The van der Waals surface area contributed by atoms with Gasteiger partial charge in [0.2, 0.25) is 0 Å². The van der Waals surface area contributed by atoms with E-state index in [2.05, 4.69) is 11.8 Å². The first-order valence-electron chi connectivity index (χ1n) is 6.62. The van der Waals surface area contributed by atoms with Gasteiger partial charge in [0.1, 0.15) is 0 Å². The van der Waals surface area contributed by atoms with Gasteiger partial charge in [0.25, 0.3) is 0 Å². The standard InChI is InChI=1S/C13H27NO/c1-3-5-13-6-4-9-14(11-8-13)10-7-12(2)15/h12-13,15H,3-11H2,1-2H3. The van der Waals surface area contributed by atoms with E-state index < -0.39 is 0 Å². The molecule has 2 unspecified atom stereocenters. The summed E-state index contributed by atoms with van der Waals surface area (Å²) in [6.07, 6.45) is 7.66. The van der Waals surface area contributed by atoms with Crippen molar-refractivity contribution >= 4 is 0 Å². The molecule has 1 fully saturated rings. The van der Waals surface area contributed by atoms with Gasteiger partial charge in [0, 0.05) is 6.54 Å². The van der Waals surface area contributed by atoms with Crippen LogP contribution in [0, 0.1) is 5.92 Å². The Bertz CT molecular complexity index is 159. The second-order valence-electron chi connectivity index (χ2n) is 5.06. The highest BCUT2D eigenvalue weighted by molar-refractivity contribution is 4.70. The summed E-state index contributed by atoms with van der Waals surface area (Å²) >= 11 is 0. The average molecular weight is 213 g/mol. The monoisotopic (exact) mass is 213 g/mol. The lowest BCUT2D eigenvalue weighted by Gasteiger charge is -2.20. The first-order valence-corrected chi connectivity index (χ1v) is 6.62. The number of hydrogen-bond donors (Lipinski definition) is 1. The van der Waals surface area contributed by atoms with Crippen LogP contribution in [0.4, 0.5) is 0 Å². The second-order valence-corrected chi connectivity index (χ2v) is 5.06. The predicted octanol–water partition coefficient (Wildman–Crippen LogP) is 2.66. The molecule has 0 aromatic carbocycles. The molecule has 2 atom stereocenters. The number of aliphatic hydroxyl groups excluding tert-OH is 1. The molecule has 2 heteroatoms. The van der Waals surface area contributed by atoms with Crippen molar-refractivity contribution in [3.8, 4) is 0 Å². The number of rotatable bonds is 5. The molecule has 0 aliphatic carbocycles. The summed E-state index contributed by atoms with van der Waals surface area (Å²) in [5, 5.41) is 9.26. The van der Waals surface area contributed by atoms with E-state index in [0.29, 0.717) is 0 Å². The Balaban J connectivity index is 2.20. The Kier molecular flexibility index (Phi) is 6.26. The van der Waals surface area contributed by atoms with Crippen molar-refractivity contribution in [3.63, 3.8) is 0 Å². The fourth-order valence-electron chi connectivity index (χ4n) is 2.51. The third-order valence-electron chi connectivity index (χ3n) is 3.50. The summed E-state index contributed by atoms with van der Waals surface area (Å²) in [6, 6.07) is 0. The van der Waals surface area contributed by atoms with E-state index in [0.717, 1.165) is 18.9 Å². The van der Waals surface area contributed by atoms with Crippen molar-refractivity contribution in [1.29, 1.82) is 0 Å². The van der Waals surface area contributed by atoms with E-state index in [-0.39, 0.29) is 6.10 Å². The molecule has 90 valence electrons. The largest absolute Gasteiger partial charge is 0.393 e. The fraction of sp³-hybridized carbons (Fsp3) is 1.00. The van der Waals surface area contributed by atoms with E-state index >= 15 is 0 Å². The number of likely N-dealkylation sites (tertiary alicyclic amines) is 1. The van der Waals surface area contributed by atoms with Crippen molar-refractivity contribution in [3.05, 3.63) is 0 Å². The van der Waals surface area contributed by atoms with Crippen molar-refractivity contribution in [2.45, 2.75) is 58.5 Å². The lowest BCUT2D eigenvalue weighted by Crippen LogP contribution is -2.27. The first-order chi connectivity index (χ1) is 7.22. The molecule has 0 amide bonds. The van der Waals surface area contributed by atoms with Crippen molar-refractivity contribution in [2.24, 2.45) is 5.92 Å². The molecule has 1 rings (SSSR count). The van der Waals surface area contributed by atoms with Gasteiger partial charge < -0.3 is 10.0 Å². The van der Waals surface area contributed by atoms with Crippen LogP contribution < -0.4 is 0 Å². The Labute approximate surface area is 94.7 Å². The summed E-state index contributed by atoms with van der Waals surface area (Å²) in [5.74, 6) is 0.964. The minimum Gasteiger partial charge on any atom is -0.393 e. The van der Waals surface area contributed by atoms with Gasteiger partial charge in [-0.25, -0.2) is 0 Å². The van der Waals surface area contributed by atoms with Crippen LogP contribution in [0.25, 0.3) is 0 Å². The first kappa shape index (κ1) is 13.0. The van der Waals surface area contributed by atoms with E-state index in [4.69, 9.17) is 0 Å². The average Bonchev–Trinajstić information content (AvgIpc) is 2.41. The Morgan fingerprint density at radius 2 is 2.13 bits per heavy atom. The van der Waals surface area contributed by atoms with Crippen LogP contribution in [0.2, 0.25) is 0 Å². The van der Waals surface area contributed by atoms with Gasteiger partial charge in [-0.15, -0.1) is 0 Å². The molecular formula is C13H27NO. The second kappa shape index (κ2) is 7.24. The van der Waals surface area contributed by atoms with Gasteiger partial charge in [-0.3, -0.25) is 0 Å². The highest BCUT2D eigenvalue weighted by Gasteiger charge is 2.16.